The molecule has 2 saturated heterocycles. The molecule has 2 aliphatic rings. The van der Waals surface area contributed by atoms with Crippen LogP contribution in [0.1, 0.15) is 30.8 Å². The molecule has 7 nitrogen and oxygen atoms in total. The number of aromatic nitrogens is 4. The Kier molecular flexibility index (Phi) is 5.85. The van der Waals surface area contributed by atoms with E-state index < -0.39 is 0 Å². The maximum absolute atomic E-state index is 4.73. The van der Waals surface area contributed by atoms with E-state index in [1.54, 1.807) is 11.8 Å². The van der Waals surface area contributed by atoms with E-state index in [1.165, 1.54) is 19.3 Å². The minimum atomic E-state index is 0.843. The summed E-state index contributed by atoms with van der Waals surface area (Å²) in [7, 11) is 0. The van der Waals surface area contributed by atoms with Crippen LogP contribution in [0.15, 0.2) is 17.3 Å². The first-order chi connectivity index (χ1) is 13.6. The van der Waals surface area contributed by atoms with E-state index >= 15 is 0 Å². The number of piperazine rings is 1. The maximum atomic E-state index is 4.73. The van der Waals surface area contributed by atoms with E-state index in [1.807, 2.05) is 20.1 Å². The third kappa shape index (κ3) is 4.32. The van der Waals surface area contributed by atoms with Gasteiger partial charge in [0.25, 0.3) is 0 Å². The van der Waals surface area contributed by atoms with Crippen LogP contribution in [0.4, 0.5) is 17.5 Å². The van der Waals surface area contributed by atoms with Crippen LogP contribution in [0.3, 0.4) is 0 Å². The Balaban J connectivity index is 1.46. The zero-order valence-electron chi connectivity index (χ0n) is 17.1. The average Bonchev–Trinajstić information content (AvgIpc) is 2.73. The van der Waals surface area contributed by atoms with Crippen molar-refractivity contribution < 1.29 is 0 Å². The summed E-state index contributed by atoms with van der Waals surface area (Å²) in [6.45, 7) is 10.00. The molecular weight excluding hydrogens is 370 g/mol. The molecule has 8 heteroatoms. The van der Waals surface area contributed by atoms with Crippen molar-refractivity contribution in [2.45, 2.75) is 38.3 Å². The molecule has 0 unspecified atom stereocenters. The first-order valence-corrected chi connectivity index (χ1v) is 11.3. The van der Waals surface area contributed by atoms with Crippen LogP contribution in [0.2, 0.25) is 0 Å². The molecule has 0 spiro atoms. The molecule has 4 heterocycles. The van der Waals surface area contributed by atoms with Crippen LogP contribution in [0.25, 0.3) is 0 Å². The van der Waals surface area contributed by atoms with Crippen LogP contribution < -0.4 is 14.7 Å². The van der Waals surface area contributed by atoms with Crippen LogP contribution in [-0.4, -0.2) is 65.5 Å². The van der Waals surface area contributed by atoms with Crippen molar-refractivity contribution in [3.05, 3.63) is 23.7 Å². The van der Waals surface area contributed by atoms with Gasteiger partial charge in [-0.05, 0) is 39.4 Å². The molecule has 0 atom stereocenters. The number of rotatable bonds is 4. The highest BCUT2D eigenvalue weighted by molar-refractivity contribution is 7.98. The van der Waals surface area contributed by atoms with E-state index in [4.69, 9.17) is 9.97 Å². The topological polar surface area (TPSA) is 61.3 Å². The molecule has 2 aromatic rings. The highest BCUT2D eigenvalue weighted by Crippen LogP contribution is 2.24. The van der Waals surface area contributed by atoms with Gasteiger partial charge in [0.2, 0.25) is 0 Å². The first-order valence-electron chi connectivity index (χ1n) is 10.1. The second-order valence-corrected chi connectivity index (χ2v) is 8.28. The lowest BCUT2D eigenvalue weighted by atomic mass is 10.1. The molecule has 2 aliphatic heterocycles. The van der Waals surface area contributed by atoms with Gasteiger partial charge < -0.3 is 14.7 Å². The standard InChI is InChI=1S/C20H29N7S/c1-15-13-17(24-20(21-15)28-3)26-9-11-27(12-10-26)19-14-18(22-16(2)23-19)25-7-5-4-6-8-25/h13-14H,4-12H2,1-3H3. The molecule has 2 fully saturated rings. The molecular formula is C20H29N7S. The number of hydrogen-bond donors (Lipinski definition) is 0. The van der Waals surface area contributed by atoms with Gasteiger partial charge in [-0.3, -0.25) is 0 Å². The summed E-state index contributed by atoms with van der Waals surface area (Å²) < 4.78 is 0. The fourth-order valence-electron chi connectivity index (χ4n) is 3.93. The number of anilines is 3. The molecule has 4 rings (SSSR count). The number of piperidine rings is 1. The third-order valence-electron chi connectivity index (χ3n) is 5.42. The Hall–Kier alpha value is -2.09. The molecule has 0 N–H and O–H groups in total. The third-order valence-corrected chi connectivity index (χ3v) is 5.97. The smallest absolute Gasteiger partial charge is 0.189 e. The molecule has 0 saturated carbocycles. The fourth-order valence-corrected chi connectivity index (χ4v) is 4.35. The lowest BCUT2D eigenvalue weighted by Gasteiger charge is -2.36. The first kappa shape index (κ1) is 19.2. The molecule has 28 heavy (non-hydrogen) atoms. The van der Waals surface area contributed by atoms with Crippen molar-refractivity contribution in [3.63, 3.8) is 0 Å². The van der Waals surface area contributed by atoms with Crippen molar-refractivity contribution in [1.82, 2.24) is 19.9 Å². The summed E-state index contributed by atoms with van der Waals surface area (Å²) in [5.41, 5.74) is 1.02. The van der Waals surface area contributed by atoms with Crippen LogP contribution >= 0.6 is 11.8 Å². The maximum Gasteiger partial charge on any atom is 0.189 e. The van der Waals surface area contributed by atoms with E-state index in [2.05, 4.69) is 36.8 Å². The van der Waals surface area contributed by atoms with E-state index in [9.17, 15) is 0 Å². The summed E-state index contributed by atoms with van der Waals surface area (Å²) in [5.74, 6) is 4.03. The molecule has 0 bridgehead atoms. The minimum Gasteiger partial charge on any atom is -0.356 e. The van der Waals surface area contributed by atoms with Crippen LogP contribution in [0, 0.1) is 13.8 Å². The molecule has 0 amide bonds. The van der Waals surface area contributed by atoms with Gasteiger partial charge in [-0.15, -0.1) is 0 Å². The van der Waals surface area contributed by atoms with Crippen molar-refractivity contribution >= 4 is 29.2 Å². The van der Waals surface area contributed by atoms with Gasteiger partial charge in [0, 0.05) is 57.1 Å². The zero-order valence-corrected chi connectivity index (χ0v) is 17.9. The Morgan fingerprint density at radius 2 is 1.21 bits per heavy atom. The number of hydrogen-bond acceptors (Lipinski definition) is 8. The Morgan fingerprint density at radius 1 is 0.679 bits per heavy atom. The van der Waals surface area contributed by atoms with E-state index in [-0.39, 0.29) is 0 Å². The highest BCUT2D eigenvalue weighted by Gasteiger charge is 2.22. The van der Waals surface area contributed by atoms with Crippen LogP contribution in [0.5, 0.6) is 0 Å². The van der Waals surface area contributed by atoms with Crippen molar-refractivity contribution in [2.24, 2.45) is 0 Å². The number of aryl methyl sites for hydroxylation is 2. The van der Waals surface area contributed by atoms with Gasteiger partial charge in [0.1, 0.15) is 23.3 Å². The van der Waals surface area contributed by atoms with Crippen molar-refractivity contribution in [3.8, 4) is 0 Å². The van der Waals surface area contributed by atoms with Gasteiger partial charge in [-0.2, -0.15) is 0 Å². The summed E-state index contributed by atoms with van der Waals surface area (Å²) in [6, 6.07) is 4.26. The Morgan fingerprint density at radius 3 is 1.79 bits per heavy atom. The van der Waals surface area contributed by atoms with Gasteiger partial charge in [-0.1, -0.05) is 11.8 Å². The van der Waals surface area contributed by atoms with Gasteiger partial charge in [-0.25, -0.2) is 19.9 Å². The van der Waals surface area contributed by atoms with Gasteiger partial charge in [0.05, 0.1) is 0 Å². The fraction of sp³-hybridized carbons (Fsp3) is 0.600. The average molecular weight is 400 g/mol. The van der Waals surface area contributed by atoms with Gasteiger partial charge >= 0.3 is 0 Å². The normalized spacial score (nSPS) is 17.9. The quantitative estimate of drug-likeness (QED) is 0.574. The molecule has 0 aliphatic carbocycles. The Labute approximate surface area is 171 Å². The molecule has 0 aromatic carbocycles. The largest absolute Gasteiger partial charge is 0.356 e. The monoisotopic (exact) mass is 399 g/mol. The lowest BCUT2D eigenvalue weighted by Crippen LogP contribution is -2.47. The van der Waals surface area contributed by atoms with Crippen LogP contribution in [-0.2, 0) is 0 Å². The van der Waals surface area contributed by atoms with E-state index in [0.29, 0.717) is 0 Å². The second-order valence-electron chi connectivity index (χ2n) is 7.51. The highest BCUT2D eigenvalue weighted by atomic mass is 32.2. The van der Waals surface area contributed by atoms with Gasteiger partial charge in [0.15, 0.2) is 5.16 Å². The second kappa shape index (κ2) is 8.51. The number of nitrogens with zero attached hydrogens (tertiary/aromatic N) is 7. The molecule has 0 radical (unpaired) electrons. The predicted molar refractivity (Wildman–Crippen MR) is 116 cm³/mol. The molecule has 150 valence electrons. The summed E-state index contributed by atoms with van der Waals surface area (Å²) in [4.78, 5) is 25.7. The van der Waals surface area contributed by atoms with Crippen molar-refractivity contribution in [1.29, 1.82) is 0 Å². The summed E-state index contributed by atoms with van der Waals surface area (Å²) in [6.07, 6.45) is 5.87. The SMILES string of the molecule is CSc1nc(C)cc(N2CCN(c3cc(N4CCCCC4)nc(C)n3)CC2)n1. The summed E-state index contributed by atoms with van der Waals surface area (Å²) in [5, 5.41) is 0.843. The number of thioether (sulfide) groups is 1. The van der Waals surface area contributed by atoms with Crippen molar-refractivity contribution in [2.75, 3.05) is 60.2 Å². The molecule has 2 aromatic heterocycles. The lowest BCUT2D eigenvalue weighted by molar-refractivity contribution is 0.571. The predicted octanol–water partition coefficient (Wildman–Crippen LogP) is 2.92. The van der Waals surface area contributed by atoms with E-state index in [0.717, 1.165) is 73.4 Å². The summed E-state index contributed by atoms with van der Waals surface area (Å²) >= 11 is 1.59. The minimum absolute atomic E-state index is 0.843. The zero-order chi connectivity index (χ0) is 19.5. The Bertz CT molecular complexity index is 814.